The molecule has 0 N–H and O–H groups in total. The molecule has 9 heteroatoms. The molecule has 0 atom stereocenters. The van der Waals surface area contributed by atoms with Crippen molar-refractivity contribution in [3.05, 3.63) is 79.5 Å². The summed E-state index contributed by atoms with van der Waals surface area (Å²) in [7, 11) is 3.21. The van der Waals surface area contributed by atoms with Crippen LogP contribution in [0.15, 0.2) is 48.5 Å². The largest absolute Gasteiger partial charge is 0.493 e. The third-order valence-corrected chi connectivity index (χ3v) is 7.90. The molecule has 1 heterocycles. The second kappa shape index (κ2) is 14.4. The number of halogens is 2. The zero-order chi connectivity index (χ0) is 27.7. The summed E-state index contributed by atoms with van der Waals surface area (Å²) in [6, 6.07) is 14.7. The molecule has 3 aromatic rings. The van der Waals surface area contributed by atoms with Crippen LogP contribution in [-0.2, 0) is 17.8 Å². The second-order valence-corrected chi connectivity index (χ2v) is 11.2. The van der Waals surface area contributed by atoms with Crippen molar-refractivity contribution >= 4 is 46.4 Å². The highest BCUT2D eigenvalue weighted by Gasteiger charge is 2.23. The summed E-state index contributed by atoms with van der Waals surface area (Å²) in [6.45, 7) is 5.53. The second-order valence-electron chi connectivity index (χ2n) is 8.98. The van der Waals surface area contributed by atoms with Gasteiger partial charge in [0.15, 0.2) is 11.5 Å². The molecule has 0 spiro atoms. The molecule has 0 saturated heterocycles. The molecule has 0 aliphatic carbocycles. The fourth-order valence-electron chi connectivity index (χ4n) is 4.03. The van der Waals surface area contributed by atoms with E-state index in [-0.39, 0.29) is 18.4 Å². The topological polar surface area (TPSA) is 59.1 Å². The first-order chi connectivity index (χ1) is 18.2. The number of thiophene rings is 1. The van der Waals surface area contributed by atoms with E-state index in [1.807, 2.05) is 36.1 Å². The molecule has 0 aliphatic rings. The van der Waals surface area contributed by atoms with E-state index in [4.69, 9.17) is 32.7 Å². The van der Waals surface area contributed by atoms with Crippen molar-refractivity contribution in [2.24, 2.45) is 0 Å². The molecule has 3 rings (SSSR count). The van der Waals surface area contributed by atoms with Crippen molar-refractivity contribution in [1.29, 1.82) is 0 Å². The van der Waals surface area contributed by atoms with Gasteiger partial charge in [0.2, 0.25) is 5.91 Å². The number of unbranched alkanes of at least 4 members (excludes halogenated alkanes) is 1. The number of methoxy groups -OCH3 is 2. The van der Waals surface area contributed by atoms with E-state index in [2.05, 4.69) is 13.0 Å². The molecule has 38 heavy (non-hydrogen) atoms. The van der Waals surface area contributed by atoms with Gasteiger partial charge >= 0.3 is 0 Å². The molecule has 0 bridgehead atoms. The van der Waals surface area contributed by atoms with E-state index in [9.17, 15) is 9.59 Å². The normalized spacial score (nSPS) is 10.8. The molecule has 0 fully saturated rings. The Labute approximate surface area is 239 Å². The molecular formula is C29H34Cl2N2O4S. The molecule has 0 aliphatic heterocycles. The first-order valence-corrected chi connectivity index (χ1v) is 14.1. The van der Waals surface area contributed by atoms with Gasteiger partial charge in [-0.1, -0.05) is 42.6 Å². The lowest BCUT2D eigenvalue weighted by Crippen LogP contribution is -2.43. The summed E-state index contributed by atoms with van der Waals surface area (Å²) in [5, 5.41) is 0.691. The lowest BCUT2D eigenvalue weighted by atomic mass is 10.1. The number of ether oxygens (including phenoxy) is 2. The number of rotatable bonds is 13. The lowest BCUT2D eigenvalue weighted by Gasteiger charge is -2.28. The fraction of sp³-hybridized carbons (Fsp3) is 0.379. The molecule has 6 nitrogen and oxygen atoms in total. The number of carbonyl (C=O) groups excluding carboxylic acids is 2. The van der Waals surface area contributed by atoms with Gasteiger partial charge in [0.05, 0.1) is 30.8 Å². The number of nitrogens with zero attached hydrogens (tertiary/aromatic N) is 2. The average Bonchev–Trinajstić information content (AvgIpc) is 3.33. The summed E-state index contributed by atoms with van der Waals surface area (Å²) < 4.78 is 10.8. The third kappa shape index (κ3) is 8.13. The zero-order valence-electron chi connectivity index (χ0n) is 22.3. The van der Waals surface area contributed by atoms with Crippen molar-refractivity contribution in [1.82, 2.24) is 9.80 Å². The van der Waals surface area contributed by atoms with E-state index in [1.54, 1.807) is 48.7 Å². The monoisotopic (exact) mass is 576 g/mol. The smallest absolute Gasteiger partial charge is 0.254 e. The predicted molar refractivity (Wildman–Crippen MR) is 155 cm³/mol. The Morgan fingerprint density at radius 1 is 0.895 bits per heavy atom. The van der Waals surface area contributed by atoms with Crippen LogP contribution in [0.3, 0.4) is 0 Å². The van der Waals surface area contributed by atoms with Crippen LogP contribution in [0, 0.1) is 6.92 Å². The molecule has 0 unspecified atom stereocenters. The maximum absolute atomic E-state index is 13.7. The summed E-state index contributed by atoms with van der Waals surface area (Å²) in [5.74, 6) is 0.957. The number of carbonyl (C=O) groups is 2. The summed E-state index contributed by atoms with van der Waals surface area (Å²) in [5.41, 5.74) is 1.44. The Kier molecular flexibility index (Phi) is 11.3. The molecule has 2 aromatic carbocycles. The van der Waals surface area contributed by atoms with Crippen LogP contribution in [0.4, 0.5) is 0 Å². The quantitative estimate of drug-likeness (QED) is 0.222. The molecule has 2 amide bonds. The highest BCUT2D eigenvalue weighted by Crippen LogP contribution is 2.28. The van der Waals surface area contributed by atoms with Crippen LogP contribution < -0.4 is 9.47 Å². The lowest BCUT2D eigenvalue weighted by molar-refractivity contribution is -0.132. The van der Waals surface area contributed by atoms with Gasteiger partial charge in [0.25, 0.3) is 5.91 Å². The SMILES string of the molecule is CCCCN(CC(=O)N(CCc1ccc(OC)c(OC)c1)Cc1ccc(C)s1)C(=O)c1ccc(Cl)c(Cl)c1. The summed E-state index contributed by atoms with van der Waals surface area (Å²) in [4.78, 5) is 32.8. The van der Waals surface area contributed by atoms with E-state index in [0.717, 1.165) is 23.3 Å². The molecule has 204 valence electrons. The van der Waals surface area contributed by atoms with Crippen molar-refractivity contribution in [3.63, 3.8) is 0 Å². The van der Waals surface area contributed by atoms with Crippen molar-refractivity contribution in [2.45, 2.75) is 39.7 Å². The first-order valence-electron chi connectivity index (χ1n) is 12.5. The number of hydrogen-bond acceptors (Lipinski definition) is 5. The van der Waals surface area contributed by atoms with Gasteiger partial charge in [-0.2, -0.15) is 0 Å². The highest BCUT2D eigenvalue weighted by molar-refractivity contribution is 7.11. The fourth-order valence-corrected chi connectivity index (χ4v) is 5.23. The van der Waals surface area contributed by atoms with Gasteiger partial charge in [-0.3, -0.25) is 9.59 Å². The van der Waals surface area contributed by atoms with Crippen molar-refractivity contribution in [3.8, 4) is 11.5 Å². The minimum atomic E-state index is -0.239. The predicted octanol–water partition coefficient (Wildman–Crippen LogP) is 6.89. The van der Waals surface area contributed by atoms with Crippen molar-refractivity contribution in [2.75, 3.05) is 33.9 Å². The Balaban J connectivity index is 1.80. The number of hydrogen-bond donors (Lipinski definition) is 0. The minimum Gasteiger partial charge on any atom is -0.493 e. The Morgan fingerprint density at radius 2 is 1.66 bits per heavy atom. The van der Waals surface area contributed by atoms with Gasteiger partial charge in [-0.25, -0.2) is 0 Å². The van der Waals surface area contributed by atoms with Crippen LogP contribution in [0.2, 0.25) is 10.0 Å². The number of amides is 2. The summed E-state index contributed by atoms with van der Waals surface area (Å²) >= 11 is 13.9. The Hall–Kier alpha value is -2.74. The Bertz CT molecular complexity index is 1250. The maximum Gasteiger partial charge on any atom is 0.254 e. The van der Waals surface area contributed by atoms with Crippen LogP contribution in [0.25, 0.3) is 0 Å². The van der Waals surface area contributed by atoms with Crippen LogP contribution in [0.1, 0.15) is 45.4 Å². The van der Waals surface area contributed by atoms with Gasteiger partial charge in [-0.05, 0) is 67.8 Å². The molecular weight excluding hydrogens is 543 g/mol. The van der Waals surface area contributed by atoms with Crippen molar-refractivity contribution < 1.29 is 19.1 Å². The third-order valence-electron chi connectivity index (χ3n) is 6.18. The van der Waals surface area contributed by atoms with Gasteiger partial charge < -0.3 is 19.3 Å². The number of benzene rings is 2. The van der Waals surface area contributed by atoms with E-state index in [0.29, 0.717) is 53.2 Å². The van der Waals surface area contributed by atoms with Gasteiger partial charge in [0, 0.05) is 28.4 Å². The van der Waals surface area contributed by atoms with Crippen LogP contribution in [0.5, 0.6) is 11.5 Å². The van der Waals surface area contributed by atoms with Gasteiger partial charge in [-0.15, -0.1) is 11.3 Å². The van der Waals surface area contributed by atoms with E-state index in [1.165, 1.54) is 4.88 Å². The minimum absolute atomic E-state index is 0.0185. The molecule has 1 aromatic heterocycles. The standard InChI is InChI=1S/C29H34Cl2N2O4S/c1-5-6-14-33(29(35)22-9-11-24(30)25(31)17-22)19-28(34)32(18-23-10-7-20(2)38-23)15-13-21-8-12-26(36-3)27(16-21)37-4/h7-12,16-17H,5-6,13-15,18-19H2,1-4H3. The highest BCUT2D eigenvalue weighted by atomic mass is 35.5. The average molecular weight is 578 g/mol. The van der Waals surface area contributed by atoms with Crippen LogP contribution in [-0.4, -0.2) is 55.5 Å². The first kappa shape index (κ1) is 29.8. The number of aryl methyl sites for hydroxylation is 1. The van der Waals surface area contributed by atoms with Crippen LogP contribution >= 0.6 is 34.5 Å². The molecule has 0 radical (unpaired) electrons. The maximum atomic E-state index is 13.7. The summed E-state index contributed by atoms with van der Waals surface area (Å²) in [6.07, 6.45) is 2.32. The zero-order valence-corrected chi connectivity index (χ0v) is 24.6. The van der Waals surface area contributed by atoms with Gasteiger partial charge in [0.1, 0.15) is 6.54 Å². The molecule has 0 saturated carbocycles. The van der Waals surface area contributed by atoms with E-state index < -0.39 is 0 Å². The Morgan fingerprint density at radius 3 is 2.29 bits per heavy atom. The van der Waals surface area contributed by atoms with E-state index >= 15 is 0 Å².